The molecule has 0 atom stereocenters. The Labute approximate surface area is 188 Å². The Morgan fingerprint density at radius 3 is 2.22 bits per heavy atom. The number of benzene rings is 3. The normalized spacial score (nSPS) is 11.1. The molecular weight excluding hydrogens is 404 g/mol. The summed E-state index contributed by atoms with van der Waals surface area (Å²) >= 11 is 0. The van der Waals surface area contributed by atoms with Gasteiger partial charge < -0.3 is 19.3 Å². The number of allylic oxidation sites excluding steroid dienone is 1. The van der Waals surface area contributed by atoms with Crippen molar-refractivity contribution in [3.05, 3.63) is 101 Å². The van der Waals surface area contributed by atoms with Gasteiger partial charge in [0.1, 0.15) is 6.61 Å². The molecular formula is C27H26O5. The number of carbonyl (C=O) groups is 1. The lowest BCUT2D eigenvalue weighted by molar-refractivity contribution is -0.131. The van der Waals surface area contributed by atoms with Gasteiger partial charge in [0.15, 0.2) is 11.5 Å². The molecule has 32 heavy (non-hydrogen) atoms. The first-order chi connectivity index (χ1) is 15.6. The molecule has 164 valence electrons. The van der Waals surface area contributed by atoms with E-state index < -0.39 is 5.97 Å². The van der Waals surface area contributed by atoms with Crippen LogP contribution >= 0.6 is 0 Å². The molecule has 0 spiro atoms. The maximum Gasteiger partial charge on any atom is 0.328 e. The van der Waals surface area contributed by atoms with Crippen molar-refractivity contribution < 1.29 is 24.1 Å². The Hall–Kier alpha value is -3.99. The van der Waals surface area contributed by atoms with Gasteiger partial charge in [-0.3, -0.25) is 0 Å². The van der Waals surface area contributed by atoms with Gasteiger partial charge in [-0.25, -0.2) is 4.79 Å². The molecule has 0 radical (unpaired) electrons. The van der Waals surface area contributed by atoms with Crippen LogP contribution in [0.3, 0.4) is 0 Å². The summed E-state index contributed by atoms with van der Waals surface area (Å²) in [7, 11) is 3.20. The standard InChI is InChI=1S/C27H26O5/c1-30-24-17-21(11-8-14-22-12-6-7-13-23(22)15-16-26(28)29)18-25(31-2)27(24)32-19-20-9-4-3-5-10-20/h3-13,15-18H,14,19H2,1-2H3,(H,28,29)/b11-8+,16-15+. The molecule has 5 nitrogen and oxygen atoms in total. The van der Waals surface area contributed by atoms with Crippen molar-refractivity contribution in [3.63, 3.8) is 0 Å². The molecule has 0 aromatic heterocycles. The molecule has 0 aliphatic carbocycles. The number of aliphatic carboxylic acids is 1. The first kappa shape index (κ1) is 22.7. The maximum atomic E-state index is 10.8. The van der Waals surface area contributed by atoms with E-state index in [9.17, 15) is 4.79 Å². The third-order valence-electron chi connectivity index (χ3n) is 4.82. The highest BCUT2D eigenvalue weighted by Crippen LogP contribution is 2.39. The molecule has 3 aromatic rings. The predicted molar refractivity (Wildman–Crippen MR) is 126 cm³/mol. The monoisotopic (exact) mass is 430 g/mol. The number of methoxy groups -OCH3 is 2. The van der Waals surface area contributed by atoms with Crippen LogP contribution in [0.4, 0.5) is 0 Å². The molecule has 5 heteroatoms. The summed E-state index contributed by atoms with van der Waals surface area (Å²) in [6, 6.07) is 21.4. The summed E-state index contributed by atoms with van der Waals surface area (Å²) in [6.07, 6.45) is 7.40. The third kappa shape index (κ3) is 6.25. The lowest BCUT2D eigenvalue weighted by Crippen LogP contribution is -2.00. The van der Waals surface area contributed by atoms with Gasteiger partial charge in [-0.05, 0) is 46.9 Å². The Balaban J connectivity index is 1.77. The van der Waals surface area contributed by atoms with Gasteiger partial charge in [0.05, 0.1) is 14.2 Å². The van der Waals surface area contributed by atoms with Crippen LogP contribution in [0.5, 0.6) is 17.2 Å². The number of ether oxygens (including phenoxy) is 3. The molecule has 0 bridgehead atoms. The van der Waals surface area contributed by atoms with Crippen molar-refractivity contribution in [3.8, 4) is 17.2 Å². The first-order valence-electron chi connectivity index (χ1n) is 10.2. The van der Waals surface area contributed by atoms with Gasteiger partial charge in [-0.15, -0.1) is 0 Å². The van der Waals surface area contributed by atoms with Crippen LogP contribution in [-0.4, -0.2) is 25.3 Å². The van der Waals surface area contributed by atoms with Crippen molar-refractivity contribution >= 4 is 18.1 Å². The number of rotatable bonds is 10. The SMILES string of the molecule is COc1cc(/C=C/Cc2ccccc2/C=C/C(=O)O)cc(OC)c1OCc1ccccc1. The largest absolute Gasteiger partial charge is 0.493 e. The first-order valence-corrected chi connectivity index (χ1v) is 10.2. The Kier molecular flexibility index (Phi) is 8.09. The van der Waals surface area contributed by atoms with Crippen molar-refractivity contribution in [1.82, 2.24) is 0 Å². The highest BCUT2D eigenvalue weighted by atomic mass is 16.5. The molecule has 1 N–H and O–H groups in total. The fourth-order valence-corrected chi connectivity index (χ4v) is 3.23. The molecule has 0 amide bonds. The second-order valence-electron chi connectivity index (χ2n) is 7.01. The van der Waals surface area contributed by atoms with Crippen molar-refractivity contribution in [2.45, 2.75) is 13.0 Å². The predicted octanol–water partition coefficient (Wildman–Crippen LogP) is 5.64. The fraction of sp³-hybridized carbons (Fsp3) is 0.148. The smallest absolute Gasteiger partial charge is 0.328 e. The fourth-order valence-electron chi connectivity index (χ4n) is 3.23. The third-order valence-corrected chi connectivity index (χ3v) is 4.82. The van der Waals surface area contributed by atoms with E-state index in [0.717, 1.165) is 28.3 Å². The molecule has 3 aromatic carbocycles. The minimum atomic E-state index is -0.968. The minimum Gasteiger partial charge on any atom is -0.493 e. The molecule has 0 fully saturated rings. The summed E-state index contributed by atoms with van der Waals surface area (Å²) in [4.78, 5) is 10.8. The van der Waals surface area contributed by atoms with E-state index in [-0.39, 0.29) is 0 Å². The summed E-state index contributed by atoms with van der Waals surface area (Å²) in [5.41, 5.74) is 3.86. The van der Waals surface area contributed by atoms with Gasteiger partial charge in [-0.1, -0.05) is 66.7 Å². The summed E-state index contributed by atoms with van der Waals surface area (Å²) in [5, 5.41) is 8.88. The Morgan fingerprint density at radius 2 is 1.56 bits per heavy atom. The second kappa shape index (κ2) is 11.4. The Bertz CT molecular complexity index is 1080. The summed E-state index contributed by atoms with van der Waals surface area (Å²) in [6.45, 7) is 0.406. The van der Waals surface area contributed by atoms with Crippen LogP contribution in [0.15, 0.2) is 78.9 Å². The maximum absolute atomic E-state index is 10.8. The van der Waals surface area contributed by atoms with Crippen LogP contribution in [0.1, 0.15) is 22.3 Å². The zero-order chi connectivity index (χ0) is 22.8. The zero-order valence-electron chi connectivity index (χ0n) is 18.2. The van der Waals surface area contributed by atoms with Gasteiger partial charge >= 0.3 is 5.97 Å². The van der Waals surface area contributed by atoms with Crippen LogP contribution in [0, 0.1) is 0 Å². The molecule has 0 unspecified atom stereocenters. The van der Waals surface area contributed by atoms with E-state index >= 15 is 0 Å². The molecule has 0 saturated heterocycles. The van der Waals surface area contributed by atoms with Crippen LogP contribution in [-0.2, 0) is 17.8 Å². The zero-order valence-corrected chi connectivity index (χ0v) is 18.2. The van der Waals surface area contributed by atoms with Crippen molar-refractivity contribution in [2.75, 3.05) is 14.2 Å². The molecule has 0 aliphatic rings. The van der Waals surface area contributed by atoms with E-state index in [1.165, 1.54) is 0 Å². The van der Waals surface area contributed by atoms with Gasteiger partial charge in [0.25, 0.3) is 0 Å². The topological polar surface area (TPSA) is 65.0 Å². The van der Waals surface area contributed by atoms with Crippen molar-refractivity contribution in [1.29, 1.82) is 0 Å². The van der Waals surface area contributed by atoms with Crippen LogP contribution in [0.25, 0.3) is 12.2 Å². The highest BCUT2D eigenvalue weighted by molar-refractivity contribution is 5.85. The summed E-state index contributed by atoms with van der Waals surface area (Å²) in [5.74, 6) is 0.763. The van der Waals surface area contributed by atoms with E-state index in [4.69, 9.17) is 19.3 Å². The average Bonchev–Trinajstić information content (AvgIpc) is 2.82. The lowest BCUT2D eigenvalue weighted by atomic mass is 10.0. The second-order valence-corrected chi connectivity index (χ2v) is 7.01. The number of hydrogen-bond acceptors (Lipinski definition) is 4. The number of carboxylic acid groups (broad SMARTS) is 1. The Morgan fingerprint density at radius 1 is 0.906 bits per heavy atom. The number of hydrogen-bond donors (Lipinski definition) is 1. The van der Waals surface area contributed by atoms with Crippen LogP contribution < -0.4 is 14.2 Å². The molecule has 3 rings (SSSR count). The highest BCUT2D eigenvalue weighted by Gasteiger charge is 2.14. The quantitative estimate of drug-likeness (QED) is 0.422. The van der Waals surface area contributed by atoms with Crippen molar-refractivity contribution in [2.24, 2.45) is 0 Å². The van der Waals surface area contributed by atoms with Gasteiger partial charge in [-0.2, -0.15) is 0 Å². The molecule has 0 aliphatic heterocycles. The minimum absolute atomic E-state index is 0.406. The average molecular weight is 431 g/mol. The molecule has 0 saturated carbocycles. The van der Waals surface area contributed by atoms with E-state index in [1.807, 2.05) is 78.9 Å². The molecule has 0 heterocycles. The van der Waals surface area contributed by atoms with E-state index in [0.29, 0.717) is 30.3 Å². The van der Waals surface area contributed by atoms with E-state index in [2.05, 4.69) is 0 Å². The summed E-state index contributed by atoms with van der Waals surface area (Å²) < 4.78 is 17.1. The van der Waals surface area contributed by atoms with Crippen LogP contribution in [0.2, 0.25) is 0 Å². The number of carboxylic acids is 1. The van der Waals surface area contributed by atoms with E-state index in [1.54, 1.807) is 20.3 Å². The van der Waals surface area contributed by atoms with Gasteiger partial charge in [0.2, 0.25) is 5.75 Å². The lowest BCUT2D eigenvalue weighted by Gasteiger charge is -2.15. The van der Waals surface area contributed by atoms with Gasteiger partial charge in [0, 0.05) is 6.08 Å².